The van der Waals surface area contributed by atoms with Crippen LogP contribution in [-0.4, -0.2) is 4.92 Å². The molecule has 2 aromatic carbocycles. The molecule has 8 heteroatoms. The molecule has 0 amide bonds. The molecule has 0 aromatic heterocycles. The Balaban J connectivity index is 2.24. The molecule has 0 atom stereocenters. The Morgan fingerprint density at radius 3 is 2.14 bits per heavy atom. The number of hydrogen-bond acceptors (Lipinski definition) is 3. The van der Waals surface area contributed by atoms with Crippen LogP contribution in [-0.2, 0) is 6.18 Å². The van der Waals surface area contributed by atoms with Gasteiger partial charge in [-0.1, -0.05) is 0 Å². The van der Waals surface area contributed by atoms with Gasteiger partial charge in [0.1, 0.15) is 17.3 Å². The molecule has 0 heterocycles. The van der Waals surface area contributed by atoms with E-state index in [1.54, 1.807) is 0 Å². The summed E-state index contributed by atoms with van der Waals surface area (Å²) in [6, 6.07) is 6.25. The average Bonchev–Trinajstić information content (AvgIpc) is 2.37. The molecule has 0 unspecified atom stereocenters. The third kappa shape index (κ3) is 3.68. The van der Waals surface area contributed by atoms with E-state index in [2.05, 4.69) is 0 Å². The second kappa shape index (κ2) is 5.39. The van der Waals surface area contributed by atoms with Crippen molar-refractivity contribution >= 4 is 5.69 Å². The van der Waals surface area contributed by atoms with Gasteiger partial charge in [0.25, 0.3) is 5.69 Å². The van der Waals surface area contributed by atoms with Crippen molar-refractivity contribution in [1.29, 1.82) is 0 Å². The monoisotopic (exact) mass is 301 g/mol. The standard InChI is InChI=1S/C13H7F4NO3/c14-9-5-10(18(19)20)7-12(6-9)21-11-3-1-8(2-4-11)13(15,16)17/h1-7H. The Morgan fingerprint density at radius 1 is 1.00 bits per heavy atom. The van der Waals surface area contributed by atoms with E-state index in [0.29, 0.717) is 6.07 Å². The molecule has 2 rings (SSSR count). The maximum atomic E-state index is 13.2. The summed E-state index contributed by atoms with van der Waals surface area (Å²) in [6.45, 7) is 0. The average molecular weight is 301 g/mol. The lowest BCUT2D eigenvalue weighted by atomic mass is 10.2. The number of benzene rings is 2. The maximum absolute atomic E-state index is 13.2. The van der Waals surface area contributed by atoms with Crippen LogP contribution in [0.3, 0.4) is 0 Å². The fraction of sp³-hybridized carbons (Fsp3) is 0.0769. The first-order valence-electron chi connectivity index (χ1n) is 5.56. The minimum Gasteiger partial charge on any atom is -0.457 e. The van der Waals surface area contributed by atoms with Crippen LogP contribution in [0.25, 0.3) is 0 Å². The Kier molecular flexibility index (Phi) is 3.79. The molecule has 0 saturated carbocycles. The maximum Gasteiger partial charge on any atom is 0.416 e. The molecule has 0 radical (unpaired) electrons. The predicted molar refractivity (Wildman–Crippen MR) is 64.6 cm³/mol. The van der Waals surface area contributed by atoms with Crippen molar-refractivity contribution in [2.24, 2.45) is 0 Å². The van der Waals surface area contributed by atoms with Crippen molar-refractivity contribution in [3.8, 4) is 11.5 Å². The van der Waals surface area contributed by atoms with E-state index in [-0.39, 0.29) is 11.5 Å². The SMILES string of the molecule is O=[N+]([O-])c1cc(F)cc(Oc2ccc(C(F)(F)F)cc2)c1. The zero-order valence-corrected chi connectivity index (χ0v) is 10.2. The van der Waals surface area contributed by atoms with Crippen LogP contribution < -0.4 is 4.74 Å². The molecule has 0 fully saturated rings. The van der Waals surface area contributed by atoms with Gasteiger partial charge in [-0.05, 0) is 24.3 Å². The molecular weight excluding hydrogens is 294 g/mol. The fourth-order valence-electron chi connectivity index (χ4n) is 1.56. The summed E-state index contributed by atoms with van der Waals surface area (Å²) in [5.74, 6) is -1.06. The first kappa shape index (κ1) is 14.8. The quantitative estimate of drug-likeness (QED) is 0.475. The largest absolute Gasteiger partial charge is 0.457 e. The van der Waals surface area contributed by atoms with Crippen molar-refractivity contribution < 1.29 is 27.2 Å². The third-order valence-corrected chi connectivity index (χ3v) is 2.48. The molecule has 2 aromatic rings. The molecule has 4 nitrogen and oxygen atoms in total. The molecule has 110 valence electrons. The van der Waals surface area contributed by atoms with Gasteiger partial charge in [0.15, 0.2) is 0 Å². The molecule has 0 aliphatic heterocycles. The zero-order valence-electron chi connectivity index (χ0n) is 10.2. The van der Waals surface area contributed by atoms with Gasteiger partial charge >= 0.3 is 6.18 Å². The van der Waals surface area contributed by atoms with E-state index in [4.69, 9.17) is 4.74 Å². The number of nitro benzene ring substituents is 1. The van der Waals surface area contributed by atoms with Gasteiger partial charge in [-0.3, -0.25) is 10.1 Å². The Labute approximate surface area is 115 Å². The fourth-order valence-corrected chi connectivity index (χ4v) is 1.56. The van der Waals surface area contributed by atoms with Gasteiger partial charge in [-0.15, -0.1) is 0 Å². The summed E-state index contributed by atoms with van der Waals surface area (Å²) in [4.78, 5) is 9.77. The highest BCUT2D eigenvalue weighted by Crippen LogP contribution is 2.32. The predicted octanol–water partition coefficient (Wildman–Crippen LogP) is 4.55. The van der Waals surface area contributed by atoms with E-state index >= 15 is 0 Å². The number of rotatable bonds is 3. The molecule has 0 N–H and O–H groups in total. The van der Waals surface area contributed by atoms with E-state index in [9.17, 15) is 27.7 Å². The number of nitrogens with zero attached hydrogens (tertiary/aromatic N) is 1. The van der Waals surface area contributed by atoms with Crippen molar-refractivity contribution in [3.63, 3.8) is 0 Å². The zero-order chi connectivity index (χ0) is 15.6. The van der Waals surface area contributed by atoms with Gasteiger partial charge in [0.2, 0.25) is 0 Å². The van der Waals surface area contributed by atoms with E-state index in [1.807, 2.05) is 0 Å². The lowest BCUT2D eigenvalue weighted by molar-refractivity contribution is -0.385. The van der Waals surface area contributed by atoms with Crippen molar-refractivity contribution in [2.75, 3.05) is 0 Å². The van der Waals surface area contributed by atoms with Gasteiger partial charge in [-0.25, -0.2) is 4.39 Å². The minimum absolute atomic E-state index is 0.00268. The summed E-state index contributed by atoms with van der Waals surface area (Å²) in [5, 5.41) is 10.6. The van der Waals surface area contributed by atoms with Crippen LogP contribution in [0, 0.1) is 15.9 Å². The Morgan fingerprint density at radius 2 is 1.62 bits per heavy atom. The van der Waals surface area contributed by atoms with Gasteiger partial charge in [0.05, 0.1) is 22.6 Å². The number of alkyl halides is 3. The first-order chi connectivity index (χ1) is 9.75. The summed E-state index contributed by atoms with van der Waals surface area (Å²) in [5.41, 5.74) is -1.38. The highest BCUT2D eigenvalue weighted by atomic mass is 19.4. The molecule has 0 saturated heterocycles. The van der Waals surface area contributed by atoms with Crippen molar-refractivity contribution in [3.05, 3.63) is 64.0 Å². The Hall–Kier alpha value is -2.64. The minimum atomic E-state index is -4.48. The van der Waals surface area contributed by atoms with Gasteiger partial charge in [0, 0.05) is 6.07 Å². The topological polar surface area (TPSA) is 52.4 Å². The number of non-ortho nitro benzene ring substituents is 1. The lowest BCUT2D eigenvalue weighted by Crippen LogP contribution is -2.04. The second-order valence-electron chi connectivity index (χ2n) is 4.03. The van der Waals surface area contributed by atoms with Crippen molar-refractivity contribution in [1.82, 2.24) is 0 Å². The number of hydrogen-bond donors (Lipinski definition) is 0. The molecule has 21 heavy (non-hydrogen) atoms. The molecule has 0 bridgehead atoms. The highest BCUT2D eigenvalue weighted by Gasteiger charge is 2.30. The third-order valence-electron chi connectivity index (χ3n) is 2.48. The van der Waals surface area contributed by atoms with Crippen LogP contribution in [0.5, 0.6) is 11.5 Å². The first-order valence-corrected chi connectivity index (χ1v) is 5.56. The van der Waals surface area contributed by atoms with E-state index in [1.165, 1.54) is 0 Å². The summed E-state index contributed by atoms with van der Waals surface area (Å²) >= 11 is 0. The van der Waals surface area contributed by atoms with Crippen molar-refractivity contribution in [2.45, 2.75) is 6.18 Å². The molecule has 0 spiro atoms. The van der Waals surface area contributed by atoms with Gasteiger partial charge < -0.3 is 4.74 Å². The number of halogens is 4. The van der Waals surface area contributed by atoms with Crippen LogP contribution in [0.15, 0.2) is 42.5 Å². The van der Waals surface area contributed by atoms with Gasteiger partial charge in [-0.2, -0.15) is 13.2 Å². The van der Waals surface area contributed by atoms with Crippen LogP contribution in [0.4, 0.5) is 23.2 Å². The summed E-state index contributed by atoms with van der Waals surface area (Å²) in [7, 11) is 0. The number of nitro groups is 1. The molecule has 0 aliphatic carbocycles. The second-order valence-corrected chi connectivity index (χ2v) is 4.03. The number of ether oxygens (including phenoxy) is 1. The van der Waals surface area contributed by atoms with Crippen LogP contribution in [0.1, 0.15) is 5.56 Å². The Bertz CT molecular complexity index is 668. The molecular formula is C13H7F4NO3. The summed E-state index contributed by atoms with van der Waals surface area (Å²) < 4.78 is 55.4. The lowest BCUT2D eigenvalue weighted by Gasteiger charge is -2.09. The van der Waals surface area contributed by atoms with Crippen LogP contribution >= 0.6 is 0 Å². The summed E-state index contributed by atoms with van der Waals surface area (Å²) in [6.07, 6.45) is -4.48. The van der Waals surface area contributed by atoms with E-state index in [0.717, 1.165) is 36.4 Å². The normalized spacial score (nSPS) is 11.2. The molecule has 0 aliphatic rings. The smallest absolute Gasteiger partial charge is 0.416 e. The van der Waals surface area contributed by atoms with E-state index < -0.39 is 28.2 Å². The highest BCUT2D eigenvalue weighted by molar-refractivity contribution is 5.41. The van der Waals surface area contributed by atoms with Crippen LogP contribution in [0.2, 0.25) is 0 Å².